The van der Waals surface area contributed by atoms with Crippen LogP contribution in [0.2, 0.25) is 0 Å². The molecule has 0 unspecified atom stereocenters. The predicted octanol–water partition coefficient (Wildman–Crippen LogP) is 12.4. The lowest BCUT2D eigenvalue weighted by atomic mass is 9.66. The molecule has 284 valence electrons. The van der Waals surface area contributed by atoms with Crippen molar-refractivity contribution in [3.8, 4) is 23.1 Å². The zero-order valence-corrected chi connectivity index (χ0v) is 34.7. The Labute approximate surface area is 326 Å². The lowest BCUT2D eigenvalue weighted by Crippen LogP contribution is -2.54. The van der Waals surface area contributed by atoms with Crippen LogP contribution in [0, 0.1) is 26.2 Å². The van der Waals surface area contributed by atoms with Gasteiger partial charge in [-0.15, -0.1) is 0 Å². The van der Waals surface area contributed by atoms with Crippen molar-refractivity contribution in [3.63, 3.8) is 0 Å². The van der Waals surface area contributed by atoms with Crippen LogP contribution in [0.4, 0.5) is 17.2 Å². The number of nitrogens with zero attached hydrogens (tertiary/aromatic N) is 4. The lowest BCUT2D eigenvalue weighted by Gasteiger charge is -2.45. The fourth-order valence-electron chi connectivity index (χ4n) is 8.53. The van der Waals surface area contributed by atoms with Crippen LogP contribution in [0.1, 0.15) is 114 Å². The van der Waals surface area contributed by atoms with E-state index < -0.39 is 11.1 Å². The molecule has 7 nitrogen and oxygen atoms in total. The van der Waals surface area contributed by atoms with Crippen LogP contribution < -0.4 is 14.4 Å². The van der Waals surface area contributed by atoms with Gasteiger partial charge in [0, 0.05) is 29.7 Å². The highest BCUT2D eigenvalue weighted by Crippen LogP contribution is 2.60. The minimum Gasteiger partial charge on any atom is -0.467 e. The largest absolute Gasteiger partial charge is 0.467 e. The Morgan fingerprint density at radius 2 is 1.45 bits per heavy atom. The number of aliphatic imine (C=N–C) groups is 1. The molecule has 2 aliphatic heterocycles. The summed E-state index contributed by atoms with van der Waals surface area (Å²) in [6, 6.07) is 23.5. The number of hydrogen-bond acceptors (Lipinski definition) is 7. The van der Waals surface area contributed by atoms with Gasteiger partial charge in [0.25, 0.3) is 0 Å². The average Bonchev–Trinajstić information content (AvgIpc) is 3.53. The SMILES string of the molecule is Cc1ccc2c(c1)Oc1ncc(Oc3cc(C4=N[C@]5(C)c6cc(C)c(C)cc6C[C@]5(C(C)(C)C)O4)cc(C(C)(C)C)c3)cc1N2c1cc(C(C)(C)C)ccn1. The Balaban J connectivity index is 1.22. The van der Waals surface area contributed by atoms with Crippen LogP contribution in [0.3, 0.4) is 0 Å². The number of aryl methyl sites for hydroxylation is 3. The Morgan fingerprint density at radius 1 is 0.727 bits per heavy atom. The second-order valence-corrected chi connectivity index (χ2v) is 19.1. The molecule has 55 heavy (non-hydrogen) atoms. The van der Waals surface area contributed by atoms with Gasteiger partial charge in [0.05, 0.1) is 11.9 Å². The van der Waals surface area contributed by atoms with Crippen LogP contribution in [-0.2, 0) is 27.5 Å². The molecule has 7 heteroatoms. The first-order valence-corrected chi connectivity index (χ1v) is 19.5. The fraction of sp³-hybridized carbons (Fsp3) is 0.396. The van der Waals surface area contributed by atoms with E-state index in [2.05, 4.69) is 150 Å². The van der Waals surface area contributed by atoms with E-state index in [1.54, 1.807) is 6.20 Å². The first-order chi connectivity index (χ1) is 25.7. The molecule has 4 heterocycles. The normalized spacial score (nSPS) is 20.2. The Kier molecular flexibility index (Phi) is 8.14. The molecule has 0 radical (unpaired) electrons. The Morgan fingerprint density at radius 3 is 2.16 bits per heavy atom. The van der Waals surface area contributed by atoms with E-state index in [-0.39, 0.29) is 16.2 Å². The average molecular weight is 735 g/mol. The highest BCUT2D eigenvalue weighted by atomic mass is 16.5. The number of pyridine rings is 2. The molecule has 3 aliphatic rings. The van der Waals surface area contributed by atoms with E-state index in [1.807, 2.05) is 18.3 Å². The van der Waals surface area contributed by atoms with Gasteiger partial charge in [0.1, 0.15) is 34.1 Å². The van der Waals surface area contributed by atoms with Gasteiger partial charge in [0.2, 0.25) is 11.8 Å². The smallest absolute Gasteiger partial charge is 0.244 e. The molecule has 0 saturated carbocycles. The summed E-state index contributed by atoms with van der Waals surface area (Å²) in [6.45, 7) is 28.8. The second kappa shape index (κ2) is 12.2. The van der Waals surface area contributed by atoms with Gasteiger partial charge < -0.3 is 14.2 Å². The Bertz CT molecular complexity index is 2410. The first kappa shape index (κ1) is 36.8. The van der Waals surface area contributed by atoms with E-state index in [1.165, 1.54) is 27.8 Å². The number of anilines is 3. The summed E-state index contributed by atoms with van der Waals surface area (Å²) in [4.78, 5) is 17.3. The van der Waals surface area contributed by atoms with E-state index in [0.29, 0.717) is 23.3 Å². The molecule has 0 fully saturated rings. The molecule has 8 rings (SSSR count). The van der Waals surface area contributed by atoms with E-state index in [9.17, 15) is 0 Å². The van der Waals surface area contributed by atoms with Gasteiger partial charge >= 0.3 is 0 Å². The summed E-state index contributed by atoms with van der Waals surface area (Å²) >= 11 is 0. The molecule has 3 aromatic carbocycles. The molecule has 0 saturated heterocycles. The summed E-state index contributed by atoms with van der Waals surface area (Å²) < 4.78 is 20.4. The number of aromatic nitrogens is 2. The first-order valence-electron chi connectivity index (χ1n) is 19.5. The van der Waals surface area contributed by atoms with Crippen molar-refractivity contribution in [2.45, 2.75) is 118 Å². The number of fused-ring (bicyclic) bond motifs is 5. The zero-order valence-electron chi connectivity index (χ0n) is 34.7. The fourth-order valence-corrected chi connectivity index (χ4v) is 8.53. The van der Waals surface area contributed by atoms with E-state index >= 15 is 0 Å². The lowest BCUT2D eigenvalue weighted by molar-refractivity contribution is -0.0673. The molecule has 0 spiro atoms. The summed E-state index contributed by atoms with van der Waals surface area (Å²) in [7, 11) is 0. The van der Waals surface area contributed by atoms with Gasteiger partial charge in [-0.05, 0) is 120 Å². The van der Waals surface area contributed by atoms with Crippen molar-refractivity contribution in [1.82, 2.24) is 9.97 Å². The number of hydrogen-bond donors (Lipinski definition) is 0. The van der Waals surface area contributed by atoms with Crippen molar-refractivity contribution in [1.29, 1.82) is 0 Å². The summed E-state index contributed by atoms with van der Waals surface area (Å²) in [5.41, 5.74) is 9.59. The summed E-state index contributed by atoms with van der Waals surface area (Å²) in [5.74, 6) is 3.92. The van der Waals surface area contributed by atoms with Crippen LogP contribution in [0.25, 0.3) is 0 Å². The molecule has 5 aromatic rings. The van der Waals surface area contributed by atoms with Crippen molar-refractivity contribution >= 4 is 23.1 Å². The maximum absolute atomic E-state index is 7.23. The zero-order chi connectivity index (χ0) is 39.5. The van der Waals surface area contributed by atoms with Gasteiger partial charge in [-0.25, -0.2) is 15.0 Å². The van der Waals surface area contributed by atoms with E-state index in [0.717, 1.165) is 46.1 Å². The highest BCUT2D eigenvalue weighted by Gasteiger charge is 2.66. The van der Waals surface area contributed by atoms with Gasteiger partial charge in [-0.1, -0.05) is 80.5 Å². The predicted molar refractivity (Wildman–Crippen MR) is 222 cm³/mol. The van der Waals surface area contributed by atoms with Crippen molar-refractivity contribution in [3.05, 3.63) is 124 Å². The van der Waals surface area contributed by atoms with Crippen LogP contribution >= 0.6 is 0 Å². The third-order valence-electron chi connectivity index (χ3n) is 12.0. The Hall–Kier alpha value is -5.17. The number of benzene rings is 3. The quantitative estimate of drug-likeness (QED) is 0.180. The molecule has 0 N–H and O–H groups in total. The highest BCUT2D eigenvalue weighted by molar-refractivity contribution is 5.97. The minimum absolute atomic E-state index is 0.0564. The van der Waals surface area contributed by atoms with Crippen molar-refractivity contribution < 1.29 is 14.2 Å². The maximum Gasteiger partial charge on any atom is 0.244 e. The molecule has 1 aliphatic carbocycles. The van der Waals surface area contributed by atoms with Gasteiger partial charge in [-0.2, -0.15) is 0 Å². The third kappa shape index (κ3) is 5.98. The molecule has 0 bridgehead atoms. The molecular formula is C48H54N4O3. The molecule has 2 aromatic heterocycles. The third-order valence-corrected chi connectivity index (χ3v) is 12.0. The maximum atomic E-state index is 7.23. The minimum atomic E-state index is -0.549. The van der Waals surface area contributed by atoms with Gasteiger partial charge in [-0.3, -0.25) is 4.90 Å². The number of ether oxygens (including phenoxy) is 3. The van der Waals surface area contributed by atoms with Crippen molar-refractivity contribution in [2.75, 3.05) is 4.90 Å². The van der Waals surface area contributed by atoms with Crippen molar-refractivity contribution in [2.24, 2.45) is 10.4 Å². The molecule has 2 atom stereocenters. The van der Waals surface area contributed by atoms with E-state index in [4.69, 9.17) is 29.2 Å². The standard InChI is InChI=1S/C48H54N4O3/c1-28-14-15-38-40(18-28)54-43-39(52(38)41-24-33(16-17-49-41)44(4,5)6)25-36(27-50-43)53-35-22-31(21-34(23-35)45(7,8)9)42-51-47(13)37-20-30(3)29(2)19-32(37)26-48(47,55-42)46(10,11)12/h14-25,27H,26H2,1-13H3/t47-,48-/m1/s1. The number of rotatable bonds is 4. The van der Waals surface area contributed by atoms with Crippen LogP contribution in [0.15, 0.2) is 84.1 Å². The van der Waals surface area contributed by atoms with Gasteiger partial charge in [0.15, 0.2) is 5.75 Å². The van der Waals surface area contributed by atoms with Crippen LogP contribution in [-0.4, -0.2) is 21.5 Å². The summed E-state index contributed by atoms with van der Waals surface area (Å²) in [6.07, 6.45) is 4.40. The molecular weight excluding hydrogens is 681 g/mol. The molecule has 0 amide bonds. The monoisotopic (exact) mass is 734 g/mol. The summed E-state index contributed by atoms with van der Waals surface area (Å²) in [5, 5.41) is 0. The topological polar surface area (TPSA) is 69.1 Å². The second-order valence-electron chi connectivity index (χ2n) is 19.1. The van der Waals surface area contributed by atoms with Crippen LogP contribution in [0.5, 0.6) is 23.1 Å².